The number of ether oxygens (including phenoxy) is 1. The number of anilines is 1. The van der Waals surface area contributed by atoms with Gasteiger partial charge in [-0.25, -0.2) is 0 Å². The van der Waals surface area contributed by atoms with Gasteiger partial charge in [-0.1, -0.05) is 12.1 Å². The maximum Gasteiger partial charge on any atom is 0.257 e. The summed E-state index contributed by atoms with van der Waals surface area (Å²) in [7, 11) is 3.21. The zero-order valence-corrected chi connectivity index (χ0v) is 9.93. The third kappa shape index (κ3) is 2.81. The third-order valence-corrected chi connectivity index (χ3v) is 2.49. The van der Waals surface area contributed by atoms with E-state index in [0.717, 1.165) is 11.3 Å². The summed E-state index contributed by atoms with van der Waals surface area (Å²) < 4.78 is 5.02. The van der Waals surface area contributed by atoms with Gasteiger partial charge in [0.1, 0.15) is 6.10 Å². The molecule has 0 radical (unpaired) electrons. The van der Waals surface area contributed by atoms with Crippen LogP contribution in [0, 0.1) is 6.92 Å². The van der Waals surface area contributed by atoms with E-state index in [9.17, 15) is 4.79 Å². The van der Waals surface area contributed by atoms with Crippen LogP contribution in [0.3, 0.4) is 0 Å². The average Bonchev–Trinajstić information content (AvgIpc) is 2.29. The summed E-state index contributed by atoms with van der Waals surface area (Å²) >= 11 is 0. The van der Waals surface area contributed by atoms with Crippen molar-refractivity contribution in [2.24, 2.45) is 5.73 Å². The first-order valence-electron chi connectivity index (χ1n) is 5.17. The van der Waals surface area contributed by atoms with E-state index in [-0.39, 0.29) is 12.5 Å². The maximum atomic E-state index is 11.9. The Labute approximate surface area is 96.0 Å². The van der Waals surface area contributed by atoms with Gasteiger partial charge in [0.15, 0.2) is 0 Å². The summed E-state index contributed by atoms with van der Waals surface area (Å²) in [6.45, 7) is 2.17. The van der Waals surface area contributed by atoms with Gasteiger partial charge in [-0.05, 0) is 24.6 Å². The molecule has 0 aromatic heterocycles. The second-order valence-electron chi connectivity index (χ2n) is 3.70. The van der Waals surface area contributed by atoms with Crippen LogP contribution in [0.15, 0.2) is 24.3 Å². The van der Waals surface area contributed by atoms with Crippen LogP contribution in [0.1, 0.15) is 5.56 Å². The van der Waals surface area contributed by atoms with Crippen LogP contribution in [0.5, 0.6) is 0 Å². The zero-order valence-electron chi connectivity index (χ0n) is 9.93. The number of carbonyl (C=O) groups is 1. The van der Waals surface area contributed by atoms with E-state index < -0.39 is 6.10 Å². The van der Waals surface area contributed by atoms with Gasteiger partial charge < -0.3 is 15.4 Å². The first-order valence-corrected chi connectivity index (χ1v) is 5.17. The van der Waals surface area contributed by atoms with Crippen molar-refractivity contribution in [2.75, 3.05) is 25.6 Å². The molecule has 0 saturated heterocycles. The molecule has 0 fully saturated rings. The molecule has 0 aliphatic carbocycles. The second kappa shape index (κ2) is 5.63. The van der Waals surface area contributed by atoms with Crippen molar-refractivity contribution in [1.29, 1.82) is 0 Å². The Morgan fingerprint density at radius 3 is 2.75 bits per heavy atom. The number of hydrogen-bond donors (Lipinski definition) is 1. The zero-order chi connectivity index (χ0) is 12.1. The minimum atomic E-state index is -0.578. The van der Waals surface area contributed by atoms with Gasteiger partial charge in [0.05, 0.1) is 0 Å². The summed E-state index contributed by atoms with van der Waals surface area (Å²) in [5.74, 6) is -0.129. The van der Waals surface area contributed by atoms with Gasteiger partial charge in [-0.15, -0.1) is 0 Å². The van der Waals surface area contributed by atoms with Crippen LogP contribution < -0.4 is 10.6 Å². The minimum absolute atomic E-state index is 0.129. The van der Waals surface area contributed by atoms with Crippen molar-refractivity contribution in [3.63, 3.8) is 0 Å². The van der Waals surface area contributed by atoms with Gasteiger partial charge in [0.2, 0.25) is 0 Å². The molecular formula is C12H18N2O2. The molecule has 16 heavy (non-hydrogen) atoms. The van der Waals surface area contributed by atoms with Crippen LogP contribution in [-0.4, -0.2) is 32.7 Å². The molecule has 0 aliphatic rings. The van der Waals surface area contributed by atoms with Gasteiger partial charge in [0.25, 0.3) is 5.91 Å². The van der Waals surface area contributed by atoms with Crippen molar-refractivity contribution in [1.82, 2.24) is 0 Å². The van der Waals surface area contributed by atoms with Crippen molar-refractivity contribution in [3.8, 4) is 0 Å². The fourth-order valence-corrected chi connectivity index (χ4v) is 1.48. The minimum Gasteiger partial charge on any atom is -0.370 e. The lowest BCUT2D eigenvalue weighted by atomic mass is 10.2. The first kappa shape index (κ1) is 12.7. The lowest BCUT2D eigenvalue weighted by Crippen LogP contribution is -2.41. The Hall–Kier alpha value is -1.39. The summed E-state index contributed by atoms with van der Waals surface area (Å²) in [4.78, 5) is 13.5. The van der Waals surface area contributed by atoms with Gasteiger partial charge in [0, 0.05) is 26.4 Å². The van der Waals surface area contributed by atoms with Crippen molar-refractivity contribution < 1.29 is 9.53 Å². The van der Waals surface area contributed by atoms with Gasteiger partial charge >= 0.3 is 0 Å². The third-order valence-electron chi connectivity index (χ3n) is 2.49. The number of methoxy groups -OCH3 is 1. The highest BCUT2D eigenvalue weighted by molar-refractivity contribution is 5.96. The Kier molecular flexibility index (Phi) is 4.46. The Morgan fingerprint density at radius 2 is 2.25 bits per heavy atom. The standard InChI is InChI=1S/C12H18N2O2/c1-9-5-4-6-10(7-9)14(2)12(15)11(8-13)16-3/h4-7,11H,8,13H2,1-3H3. The number of nitrogens with two attached hydrogens (primary N) is 1. The molecular weight excluding hydrogens is 204 g/mol. The largest absolute Gasteiger partial charge is 0.370 e. The topological polar surface area (TPSA) is 55.6 Å². The molecule has 4 nitrogen and oxygen atoms in total. The average molecular weight is 222 g/mol. The van der Waals surface area contributed by atoms with Gasteiger partial charge in [-0.3, -0.25) is 4.79 Å². The summed E-state index contributed by atoms with van der Waals surface area (Å²) in [6.07, 6.45) is -0.578. The van der Waals surface area contributed by atoms with Crippen LogP contribution in [0.25, 0.3) is 0 Å². The molecule has 0 saturated carbocycles. The fraction of sp³-hybridized carbons (Fsp3) is 0.417. The quantitative estimate of drug-likeness (QED) is 0.824. The fourth-order valence-electron chi connectivity index (χ4n) is 1.48. The number of carbonyl (C=O) groups excluding carboxylic acids is 1. The molecule has 1 aromatic rings. The van der Waals surface area contributed by atoms with E-state index in [2.05, 4.69) is 0 Å². The highest BCUT2D eigenvalue weighted by atomic mass is 16.5. The van der Waals surface area contributed by atoms with Crippen LogP contribution in [0.2, 0.25) is 0 Å². The van der Waals surface area contributed by atoms with E-state index in [1.54, 1.807) is 11.9 Å². The monoisotopic (exact) mass is 222 g/mol. The van der Waals surface area contributed by atoms with Crippen molar-refractivity contribution in [2.45, 2.75) is 13.0 Å². The highest BCUT2D eigenvalue weighted by Gasteiger charge is 2.20. The van der Waals surface area contributed by atoms with E-state index >= 15 is 0 Å². The normalized spacial score (nSPS) is 12.2. The van der Waals surface area contributed by atoms with Crippen LogP contribution in [0.4, 0.5) is 5.69 Å². The summed E-state index contributed by atoms with van der Waals surface area (Å²) in [5.41, 5.74) is 7.42. The number of nitrogens with zero attached hydrogens (tertiary/aromatic N) is 1. The molecule has 1 amide bonds. The smallest absolute Gasteiger partial charge is 0.257 e. The molecule has 2 N–H and O–H groups in total. The predicted octanol–water partition coefficient (Wildman–Crippen LogP) is 0.932. The molecule has 0 aliphatic heterocycles. The molecule has 1 rings (SSSR count). The van der Waals surface area contributed by atoms with Crippen molar-refractivity contribution in [3.05, 3.63) is 29.8 Å². The molecule has 1 atom stereocenters. The number of aryl methyl sites for hydroxylation is 1. The summed E-state index contributed by atoms with van der Waals surface area (Å²) in [5, 5.41) is 0. The lowest BCUT2D eigenvalue weighted by Gasteiger charge is -2.22. The predicted molar refractivity (Wildman–Crippen MR) is 64.4 cm³/mol. The number of benzene rings is 1. The highest BCUT2D eigenvalue weighted by Crippen LogP contribution is 2.15. The number of likely N-dealkylation sites (N-methyl/N-ethyl adjacent to an activating group) is 1. The molecule has 88 valence electrons. The first-order chi connectivity index (χ1) is 7.60. The lowest BCUT2D eigenvalue weighted by molar-refractivity contribution is -0.127. The van der Waals surface area contributed by atoms with E-state index in [1.807, 2.05) is 31.2 Å². The van der Waals surface area contributed by atoms with E-state index in [0.29, 0.717) is 0 Å². The molecule has 4 heteroatoms. The number of hydrogen-bond acceptors (Lipinski definition) is 3. The number of rotatable bonds is 4. The number of amides is 1. The molecule has 0 heterocycles. The van der Waals surface area contributed by atoms with E-state index in [4.69, 9.17) is 10.5 Å². The van der Waals surface area contributed by atoms with Crippen molar-refractivity contribution >= 4 is 11.6 Å². The summed E-state index contributed by atoms with van der Waals surface area (Å²) in [6, 6.07) is 7.73. The molecule has 0 bridgehead atoms. The Bertz CT molecular complexity index is 362. The van der Waals surface area contributed by atoms with E-state index in [1.165, 1.54) is 7.11 Å². The molecule has 0 spiro atoms. The Morgan fingerprint density at radius 1 is 1.56 bits per heavy atom. The maximum absolute atomic E-state index is 11.9. The second-order valence-corrected chi connectivity index (χ2v) is 3.70. The molecule has 1 aromatic carbocycles. The van der Waals surface area contributed by atoms with Crippen LogP contribution >= 0.6 is 0 Å². The molecule has 1 unspecified atom stereocenters. The SMILES string of the molecule is COC(CN)C(=O)N(C)c1cccc(C)c1. The van der Waals surface area contributed by atoms with Crippen LogP contribution in [-0.2, 0) is 9.53 Å². The van der Waals surface area contributed by atoms with Gasteiger partial charge in [-0.2, -0.15) is 0 Å². The Balaban J connectivity index is 2.85.